The average Bonchev–Trinajstić information content (AvgIpc) is 3.33. The lowest BCUT2D eigenvalue weighted by atomic mass is 9.92. The topological polar surface area (TPSA) is 132 Å². The van der Waals surface area contributed by atoms with Crippen LogP contribution in [0, 0.1) is 16.0 Å². The lowest BCUT2D eigenvalue weighted by Crippen LogP contribution is -2.44. The molecule has 0 N–H and O–H groups in total. The second kappa shape index (κ2) is 11.8. The van der Waals surface area contributed by atoms with Crippen molar-refractivity contribution in [1.82, 2.24) is 9.80 Å². The van der Waals surface area contributed by atoms with Crippen molar-refractivity contribution in [2.75, 3.05) is 26.8 Å². The number of rotatable bonds is 8. The highest BCUT2D eigenvalue weighted by atomic mass is 32.2. The number of allylic oxidation sites excluding steroid dienone is 1. The van der Waals surface area contributed by atoms with Crippen LogP contribution in [0.3, 0.4) is 0 Å². The van der Waals surface area contributed by atoms with E-state index in [1.54, 1.807) is 28.9 Å². The predicted molar refractivity (Wildman–Crippen MR) is 141 cm³/mol. The summed E-state index contributed by atoms with van der Waals surface area (Å²) in [5.41, 5.74) is 1.83. The number of carbonyl (C=O) groups excluding carboxylic acids is 3. The van der Waals surface area contributed by atoms with E-state index < -0.39 is 16.9 Å². The number of piperidine rings is 1. The highest BCUT2D eigenvalue weighted by Crippen LogP contribution is 2.46. The normalized spacial score (nSPS) is 20.9. The van der Waals surface area contributed by atoms with Gasteiger partial charge in [-0.25, -0.2) is 9.79 Å². The number of nitro groups is 1. The molecule has 3 aliphatic rings. The number of nitrogens with zero attached hydrogens (tertiary/aromatic N) is 4. The van der Waals surface area contributed by atoms with Gasteiger partial charge in [0, 0.05) is 30.9 Å². The number of amides is 1. The zero-order valence-corrected chi connectivity index (χ0v) is 22.4. The van der Waals surface area contributed by atoms with Gasteiger partial charge in [0.2, 0.25) is 5.91 Å². The Balaban J connectivity index is 1.66. The van der Waals surface area contributed by atoms with Gasteiger partial charge in [-0.3, -0.25) is 19.7 Å². The van der Waals surface area contributed by atoms with Crippen LogP contribution >= 0.6 is 11.8 Å². The third-order valence-electron chi connectivity index (χ3n) is 6.75. The third-order valence-corrected chi connectivity index (χ3v) is 7.64. The van der Waals surface area contributed by atoms with Crippen LogP contribution in [0.4, 0.5) is 5.69 Å². The van der Waals surface area contributed by atoms with E-state index in [1.807, 2.05) is 12.3 Å². The molecule has 0 radical (unpaired) electrons. The highest BCUT2D eigenvalue weighted by Gasteiger charge is 2.42. The van der Waals surface area contributed by atoms with Gasteiger partial charge in [-0.05, 0) is 37.2 Å². The number of amidine groups is 1. The first-order valence-corrected chi connectivity index (χ1v) is 13.4. The number of thioether (sulfide) groups is 1. The minimum Gasteiger partial charge on any atom is -0.466 e. The van der Waals surface area contributed by atoms with Crippen molar-refractivity contribution in [2.45, 2.75) is 45.6 Å². The quantitative estimate of drug-likeness (QED) is 0.272. The maximum Gasteiger partial charge on any atom is 0.338 e. The lowest BCUT2D eigenvalue weighted by molar-refractivity contribution is -0.384. The monoisotopic (exact) mass is 542 g/mol. The number of likely N-dealkylation sites (tertiary alicyclic amines) is 1. The summed E-state index contributed by atoms with van der Waals surface area (Å²) in [6, 6.07) is 5.35. The second-order valence-electron chi connectivity index (χ2n) is 9.06. The fourth-order valence-electron chi connectivity index (χ4n) is 4.96. The van der Waals surface area contributed by atoms with Gasteiger partial charge < -0.3 is 19.3 Å². The maximum atomic E-state index is 13.4. The van der Waals surface area contributed by atoms with Crippen molar-refractivity contribution >= 4 is 40.5 Å². The SMILES string of the molecule is CCOC(=O)C1CCCN(C(=O)CC2=CSC3=NC(CC)=C(C(=O)OC)C(c4cccc([N+](=O)[O-])c4)N23)C1. The van der Waals surface area contributed by atoms with Crippen LogP contribution in [0.25, 0.3) is 0 Å². The lowest BCUT2D eigenvalue weighted by Gasteiger charge is -2.37. The number of hydrogen-bond acceptors (Lipinski definition) is 10. The van der Waals surface area contributed by atoms with Crippen molar-refractivity contribution in [3.05, 3.63) is 62.3 Å². The molecule has 12 heteroatoms. The van der Waals surface area contributed by atoms with Gasteiger partial charge in [-0.15, -0.1) is 0 Å². The highest BCUT2D eigenvalue weighted by molar-refractivity contribution is 8.16. The molecule has 1 fully saturated rings. The Labute approximate surface area is 224 Å². The Bertz CT molecular complexity index is 1240. The summed E-state index contributed by atoms with van der Waals surface area (Å²) < 4.78 is 10.2. The van der Waals surface area contributed by atoms with Gasteiger partial charge in [0.05, 0.1) is 48.3 Å². The van der Waals surface area contributed by atoms with Crippen LogP contribution in [0.2, 0.25) is 0 Å². The van der Waals surface area contributed by atoms with Crippen LogP contribution in [-0.2, 0) is 23.9 Å². The molecular formula is C26H30N4O7S. The van der Waals surface area contributed by atoms with E-state index in [0.717, 1.165) is 0 Å². The largest absolute Gasteiger partial charge is 0.466 e. The van der Waals surface area contributed by atoms with Crippen LogP contribution in [0.15, 0.2) is 51.6 Å². The minimum atomic E-state index is -0.757. The van der Waals surface area contributed by atoms with Gasteiger partial charge in [0.1, 0.15) is 0 Å². The maximum absolute atomic E-state index is 13.4. The molecule has 0 spiro atoms. The Morgan fingerprint density at radius 2 is 2.05 bits per heavy atom. The van der Waals surface area contributed by atoms with Gasteiger partial charge in [0.25, 0.3) is 5.69 Å². The summed E-state index contributed by atoms with van der Waals surface area (Å²) in [4.78, 5) is 57.8. The fourth-order valence-corrected chi connectivity index (χ4v) is 5.90. The number of esters is 2. The summed E-state index contributed by atoms with van der Waals surface area (Å²) in [5, 5.41) is 13.9. The predicted octanol–water partition coefficient (Wildman–Crippen LogP) is 3.92. The summed E-state index contributed by atoms with van der Waals surface area (Å²) in [6.07, 6.45) is 1.84. The van der Waals surface area contributed by atoms with E-state index in [4.69, 9.17) is 9.47 Å². The van der Waals surface area contributed by atoms with E-state index in [9.17, 15) is 24.5 Å². The van der Waals surface area contributed by atoms with Crippen molar-refractivity contribution in [3.63, 3.8) is 0 Å². The zero-order valence-electron chi connectivity index (χ0n) is 21.5. The Morgan fingerprint density at radius 1 is 1.26 bits per heavy atom. The number of nitro benzene ring substituents is 1. The molecule has 2 unspecified atom stereocenters. The molecule has 0 saturated carbocycles. The third kappa shape index (κ3) is 5.45. The molecule has 0 aromatic heterocycles. The van der Waals surface area contributed by atoms with Crippen molar-refractivity contribution in [1.29, 1.82) is 0 Å². The molecule has 1 aromatic rings. The number of carbonyl (C=O) groups is 3. The van der Waals surface area contributed by atoms with Crippen LogP contribution in [0.1, 0.15) is 51.1 Å². The smallest absolute Gasteiger partial charge is 0.338 e. The molecule has 1 saturated heterocycles. The van der Waals surface area contributed by atoms with Crippen LogP contribution < -0.4 is 0 Å². The Kier molecular flexibility index (Phi) is 8.50. The number of methoxy groups -OCH3 is 1. The van der Waals surface area contributed by atoms with Crippen molar-refractivity contribution < 1.29 is 28.8 Å². The first-order valence-electron chi connectivity index (χ1n) is 12.5. The van der Waals surface area contributed by atoms with E-state index in [2.05, 4.69) is 4.99 Å². The number of aliphatic imine (C=N–C) groups is 1. The Morgan fingerprint density at radius 3 is 2.74 bits per heavy atom. The first kappa shape index (κ1) is 27.4. The summed E-state index contributed by atoms with van der Waals surface area (Å²) in [5.74, 6) is -1.39. The minimum absolute atomic E-state index is 0.0168. The van der Waals surface area contributed by atoms with E-state index in [-0.39, 0.29) is 35.5 Å². The van der Waals surface area contributed by atoms with Gasteiger partial charge in [-0.1, -0.05) is 30.8 Å². The average molecular weight is 543 g/mol. The zero-order chi connectivity index (χ0) is 27.4. The molecule has 0 bridgehead atoms. The summed E-state index contributed by atoms with van der Waals surface area (Å²) >= 11 is 1.33. The second-order valence-corrected chi connectivity index (χ2v) is 9.90. The molecule has 3 aliphatic heterocycles. The number of fused-ring (bicyclic) bond motifs is 1. The molecule has 3 heterocycles. The van der Waals surface area contributed by atoms with Gasteiger partial charge in [0.15, 0.2) is 5.17 Å². The number of hydrogen-bond donors (Lipinski definition) is 0. The number of ether oxygens (including phenoxy) is 2. The molecular weight excluding hydrogens is 512 g/mol. The molecule has 1 aromatic carbocycles. The molecule has 11 nitrogen and oxygen atoms in total. The molecule has 2 atom stereocenters. The van der Waals surface area contributed by atoms with Gasteiger partial charge >= 0.3 is 11.9 Å². The molecule has 202 valence electrons. The van der Waals surface area contributed by atoms with E-state index in [1.165, 1.54) is 31.0 Å². The Hall–Kier alpha value is -3.67. The first-order chi connectivity index (χ1) is 18.3. The fraction of sp³-hybridized carbons (Fsp3) is 0.462. The summed E-state index contributed by atoms with van der Waals surface area (Å²) in [6.45, 7) is 4.75. The van der Waals surface area contributed by atoms with Gasteiger partial charge in [-0.2, -0.15) is 0 Å². The molecule has 4 rings (SSSR count). The standard InChI is InChI=1S/C26H30N4O7S/c1-4-20-22(25(33)36-3)23(16-8-6-10-18(12-16)30(34)35)29-19(15-38-26(29)27-20)13-21(31)28-11-7-9-17(14-28)24(32)37-5-2/h6,8,10,12,15,17,23H,4-5,7,9,11,13-14H2,1-3H3. The van der Waals surface area contributed by atoms with Crippen LogP contribution in [-0.4, -0.2) is 64.5 Å². The number of non-ortho nitro benzene ring substituents is 1. The van der Waals surface area contributed by atoms with Crippen molar-refractivity contribution in [3.8, 4) is 0 Å². The van der Waals surface area contributed by atoms with Crippen molar-refractivity contribution in [2.24, 2.45) is 10.9 Å². The molecule has 0 aliphatic carbocycles. The van der Waals surface area contributed by atoms with Crippen LogP contribution in [0.5, 0.6) is 0 Å². The van der Waals surface area contributed by atoms with E-state index in [0.29, 0.717) is 61.1 Å². The summed E-state index contributed by atoms with van der Waals surface area (Å²) in [7, 11) is 1.28. The van der Waals surface area contributed by atoms with E-state index >= 15 is 0 Å². The molecule has 38 heavy (non-hydrogen) atoms. The molecule has 1 amide bonds. The number of benzene rings is 1.